The summed E-state index contributed by atoms with van der Waals surface area (Å²) in [6, 6.07) is 0. The standard InChI is InChI=1S/C7H9NO2S/c1-5-4-8-6(11-5)2-3-7(9)10/h4H,2-3H2,1H3,(H,9,10). The number of aromatic nitrogens is 1. The summed E-state index contributed by atoms with van der Waals surface area (Å²) in [6.07, 6.45) is 2.49. The van der Waals surface area contributed by atoms with E-state index in [1.54, 1.807) is 17.5 Å². The van der Waals surface area contributed by atoms with Gasteiger partial charge in [0, 0.05) is 17.5 Å². The fourth-order valence-electron chi connectivity index (χ4n) is 0.731. The zero-order valence-corrected chi connectivity index (χ0v) is 7.02. The Bertz CT molecular complexity index is 257. The second-order valence-electron chi connectivity index (χ2n) is 2.26. The number of hydrogen-bond acceptors (Lipinski definition) is 3. The van der Waals surface area contributed by atoms with Crippen LogP contribution in [0.15, 0.2) is 6.20 Å². The normalized spacial score (nSPS) is 9.91. The van der Waals surface area contributed by atoms with Crippen LogP contribution in [0.1, 0.15) is 16.3 Å². The molecule has 4 heteroatoms. The van der Waals surface area contributed by atoms with Gasteiger partial charge in [-0.05, 0) is 6.92 Å². The number of nitrogens with zero attached hydrogens (tertiary/aromatic N) is 1. The molecule has 11 heavy (non-hydrogen) atoms. The molecule has 0 amide bonds. The Labute approximate surface area is 68.7 Å². The highest BCUT2D eigenvalue weighted by molar-refractivity contribution is 7.11. The van der Waals surface area contributed by atoms with E-state index in [4.69, 9.17) is 5.11 Å². The van der Waals surface area contributed by atoms with E-state index in [0.717, 1.165) is 9.88 Å². The van der Waals surface area contributed by atoms with Crippen LogP contribution in [-0.4, -0.2) is 16.1 Å². The first-order valence-electron chi connectivity index (χ1n) is 3.31. The summed E-state index contributed by atoms with van der Waals surface area (Å²) in [5.41, 5.74) is 0. The molecule has 0 bridgehead atoms. The van der Waals surface area contributed by atoms with Crippen LogP contribution in [0.2, 0.25) is 0 Å². The lowest BCUT2D eigenvalue weighted by Crippen LogP contribution is -1.96. The molecule has 0 unspecified atom stereocenters. The number of aliphatic carboxylic acids is 1. The molecule has 0 saturated heterocycles. The summed E-state index contributed by atoms with van der Waals surface area (Å²) in [6.45, 7) is 1.96. The number of carboxylic acid groups (broad SMARTS) is 1. The van der Waals surface area contributed by atoms with E-state index in [2.05, 4.69) is 4.98 Å². The van der Waals surface area contributed by atoms with Gasteiger partial charge >= 0.3 is 5.97 Å². The van der Waals surface area contributed by atoms with Crippen molar-refractivity contribution in [2.75, 3.05) is 0 Å². The van der Waals surface area contributed by atoms with E-state index in [-0.39, 0.29) is 6.42 Å². The van der Waals surface area contributed by atoms with Crippen molar-refractivity contribution in [2.45, 2.75) is 19.8 Å². The smallest absolute Gasteiger partial charge is 0.303 e. The predicted octanol–water partition coefficient (Wildman–Crippen LogP) is 1.47. The van der Waals surface area contributed by atoms with Crippen molar-refractivity contribution in [2.24, 2.45) is 0 Å². The molecule has 3 nitrogen and oxygen atoms in total. The van der Waals surface area contributed by atoms with Crippen molar-refractivity contribution >= 4 is 17.3 Å². The molecule has 1 N–H and O–H groups in total. The molecule has 60 valence electrons. The Kier molecular flexibility index (Phi) is 2.59. The maximum Gasteiger partial charge on any atom is 0.303 e. The molecule has 0 atom stereocenters. The van der Waals surface area contributed by atoms with Crippen LogP contribution in [0.4, 0.5) is 0 Å². The van der Waals surface area contributed by atoms with Crippen molar-refractivity contribution in [3.05, 3.63) is 16.1 Å². The lowest BCUT2D eigenvalue weighted by Gasteiger charge is -1.88. The first-order chi connectivity index (χ1) is 5.18. The zero-order chi connectivity index (χ0) is 8.27. The van der Waals surface area contributed by atoms with Gasteiger partial charge in [0.1, 0.15) is 0 Å². The SMILES string of the molecule is Cc1cnc(CCC(=O)O)s1. The fourth-order valence-corrected chi connectivity index (χ4v) is 1.52. The summed E-state index contributed by atoms with van der Waals surface area (Å²) < 4.78 is 0. The van der Waals surface area contributed by atoms with Crippen LogP contribution in [0.5, 0.6) is 0 Å². The highest BCUT2D eigenvalue weighted by Gasteiger charge is 2.01. The summed E-state index contributed by atoms with van der Waals surface area (Å²) in [5.74, 6) is -0.766. The maximum absolute atomic E-state index is 10.2. The Hall–Kier alpha value is -0.900. The van der Waals surface area contributed by atoms with Crippen molar-refractivity contribution in [1.29, 1.82) is 0 Å². The molecule has 1 rings (SSSR count). The van der Waals surface area contributed by atoms with Gasteiger partial charge in [0.2, 0.25) is 0 Å². The number of carbonyl (C=O) groups is 1. The van der Waals surface area contributed by atoms with Crippen molar-refractivity contribution in [3.63, 3.8) is 0 Å². The third-order valence-electron chi connectivity index (χ3n) is 1.22. The van der Waals surface area contributed by atoms with Gasteiger partial charge in [-0.1, -0.05) is 0 Å². The molecule has 0 aliphatic heterocycles. The molecule has 0 saturated carbocycles. The number of hydrogen-bond donors (Lipinski definition) is 1. The molecular weight excluding hydrogens is 162 g/mol. The minimum atomic E-state index is -0.766. The van der Waals surface area contributed by atoms with Crippen LogP contribution in [0.3, 0.4) is 0 Å². The number of thiazole rings is 1. The summed E-state index contributed by atoms with van der Waals surface area (Å²) >= 11 is 1.56. The van der Waals surface area contributed by atoms with Crippen LogP contribution in [-0.2, 0) is 11.2 Å². The van der Waals surface area contributed by atoms with Crippen molar-refractivity contribution in [1.82, 2.24) is 4.98 Å². The largest absolute Gasteiger partial charge is 0.481 e. The molecule has 1 heterocycles. The second kappa shape index (κ2) is 3.48. The third-order valence-corrected chi connectivity index (χ3v) is 2.19. The molecular formula is C7H9NO2S. The molecule has 1 aromatic heterocycles. The molecule has 0 spiro atoms. The fraction of sp³-hybridized carbons (Fsp3) is 0.429. The van der Waals surface area contributed by atoms with Gasteiger partial charge in [-0.25, -0.2) is 4.98 Å². The van der Waals surface area contributed by atoms with Crippen LogP contribution in [0.25, 0.3) is 0 Å². The van der Waals surface area contributed by atoms with E-state index in [9.17, 15) is 4.79 Å². The average Bonchev–Trinajstić information content (AvgIpc) is 2.31. The van der Waals surface area contributed by atoms with Crippen molar-refractivity contribution in [3.8, 4) is 0 Å². The van der Waals surface area contributed by atoms with E-state index >= 15 is 0 Å². The number of rotatable bonds is 3. The molecule has 0 aliphatic rings. The minimum Gasteiger partial charge on any atom is -0.481 e. The quantitative estimate of drug-likeness (QED) is 0.749. The minimum absolute atomic E-state index is 0.174. The lowest BCUT2D eigenvalue weighted by molar-refractivity contribution is -0.136. The molecule has 1 aromatic rings. The van der Waals surface area contributed by atoms with E-state index < -0.39 is 5.97 Å². The summed E-state index contributed by atoms with van der Waals surface area (Å²) in [5, 5.41) is 9.27. The number of carboxylic acids is 1. The first-order valence-corrected chi connectivity index (χ1v) is 4.13. The average molecular weight is 171 g/mol. The Morgan fingerprint density at radius 3 is 3.00 bits per heavy atom. The van der Waals surface area contributed by atoms with Gasteiger partial charge in [0.05, 0.1) is 11.4 Å². The Morgan fingerprint density at radius 1 is 1.82 bits per heavy atom. The number of aryl methyl sites for hydroxylation is 2. The third kappa shape index (κ3) is 2.67. The highest BCUT2D eigenvalue weighted by Crippen LogP contribution is 2.12. The van der Waals surface area contributed by atoms with E-state index in [1.807, 2.05) is 6.92 Å². The highest BCUT2D eigenvalue weighted by atomic mass is 32.1. The van der Waals surface area contributed by atoms with Gasteiger partial charge in [0.15, 0.2) is 0 Å². The van der Waals surface area contributed by atoms with Crippen LogP contribution < -0.4 is 0 Å². The van der Waals surface area contributed by atoms with Gasteiger partial charge in [-0.3, -0.25) is 4.79 Å². The van der Waals surface area contributed by atoms with Gasteiger partial charge < -0.3 is 5.11 Å². The van der Waals surface area contributed by atoms with E-state index in [1.165, 1.54) is 0 Å². The molecule has 0 radical (unpaired) electrons. The zero-order valence-electron chi connectivity index (χ0n) is 6.20. The van der Waals surface area contributed by atoms with E-state index in [0.29, 0.717) is 6.42 Å². The van der Waals surface area contributed by atoms with Gasteiger partial charge in [-0.2, -0.15) is 0 Å². The van der Waals surface area contributed by atoms with Crippen LogP contribution in [0, 0.1) is 6.92 Å². The van der Waals surface area contributed by atoms with Gasteiger partial charge in [-0.15, -0.1) is 11.3 Å². The Balaban J connectivity index is 2.45. The predicted molar refractivity (Wildman–Crippen MR) is 42.8 cm³/mol. The molecule has 0 fully saturated rings. The first kappa shape index (κ1) is 8.20. The summed E-state index contributed by atoms with van der Waals surface area (Å²) in [7, 11) is 0. The molecule has 0 aromatic carbocycles. The second-order valence-corrected chi connectivity index (χ2v) is 3.58. The van der Waals surface area contributed by atoms with Crippen molar-refractivity contribution < 1.29 is 9.90 Å². The monoisotopic (exact) mass is 171 g/mol. The summed E-state index contributed by atoms with van der Waals surface area (Å²) in [4.78, 5) is 15.3. The van der Waals surface area contributed by atoms with Gasteiger partial charge in [0.25, 0.3) is 0 Å². The molecule has 0 aliphatic carbocycles. The maximum atomic E-state index is 10.2. The van der Waals surface area contributed by atoms with Crippen LogP contribution >= 0.6 is 11.3 Å². The lowest BCUT2D eigenvalue weighted by atomic mass is 10.3. The Morgan fingerprint density at radius 2 is 2.55 bits per heavy atom. The topological polar surface area (TPSA) is 50.2 Å².